The molecule has 0 aliphatic rings. The maximum Gasteiger partial charge on any atom is 0.239 e. The average molecular weight is 347 g/mol. The van der Waals surface area contributed by atoms with Gasteiger partial charge in [0.2, 0.25) is 5.91 Å². The molecule has 1 aromatic carbocycles. The number of likely N-dealkylation sites (N-methyl/N-ethyl adjacent to an activating group) is 1. The van der Waals surface area contributed by atoms with Crippen LogP contribution in [0.5, 0.6) is 0 Å². The van der Waals surface area contributed by atoms with Gasteiger partial charge in [0.25, 0.3) is 0 Å². The van der Waals surface area contributed by atoms with Crippen molar-refractivity contribution in [2.75, 3.05) is 18.5 Å². The van der Waals surface area contributed by atoms with E-state index in [1.807, 2.05) is 30.3 Å². The number of amides is 1. The Morgan fingerprint density at radius 3 is 3.00 bits per heavy atom. The van der Waals surface area contributed by atoms with Gasteiger partial charge in [-0.05, 0) is 17.7 Å². The monoisotopic (exact) mass is 347 g/mol. The maximum absolute atomic E-state index is 12.3. The van der Waals surface area contributed by atoms with E-state index in [1.54, 1.807) is 24.5 Å². The second-order valence-corrected chi connectivity index (χ2v) is 5.97. The Labute approximate surface area is 149 Å². The second kappa shape index (κ2) is 6.75. The molecule has 4 aromatic rings. The third-order valence-corrected chi connectivity index (χ3v) is 4.08. The molecule has 0 bridgehead atoms. The maximum atomic E-state index is 12.3. The molecule has 0 saturated carbocycles. The van der Waals surface area contributed by atoms with Crippen LogP contribution in [-0.4, -0.2) is 44.4 Å². The zero-order valence-corrected chi connectivity index (χ0v) is 14.2. The van der Waals surface area contributed by atoms with Gasteiger partial charge in [0.15, 0.2) is 11.5 Å². The predicted molar refractivity (Wildman–Crippen MR) is 98.5 cm³/mol. The number of hydrogen-bond acceptors (Lipinski definition) is 6. The Kier molecular flexibility index (Phi) is 4.14. The lowest BCUT2D eigenvalue weighted by Crippen LogP contribution is -2.35. The number of para-hydroxylation sites is 1. The van der Waals surface area contributed by atoms with Crippen molar-refractivity contribution in [2.24, 2.45) is 0 Å². The molecule has 3 aromatic heterocycles. The van der Waals surface area contributed by atoms with E-state index >= 15 is 0 Å². The van der Waals surface area contributed by atoms with Crippen LogP contribution < -0.4 is 10.2 Å². The number of aromatic amines is 1. The Morgan fingerprint density at radius 1 is 1.19 bits per heavy atom. The SMILES string of the molecule is CN(CC(=O)NCc1cnc2ccccc2c1)c1ncnc2nc[nH]c12. The van der Waals surface area contributed by atoms with E-state index < -0.39 is 0 Å². The highest BCUT2D eigenvalue weighted by molar-refractivity contribution is 5.87. The van der Waals surface area contributed by atoms with Crippen LogP contribution in [0.2, 0.25) is 0 Å². The van der Waals surface area contributed by atoms with Crippen LogP contribution in [0.1, 0.15) is 5.56 Å². The first-order chi connectivity index (χ1) is 12.7. The van der Waals surface area contributed by atoms with Gasteiger partial charge in [0.05, 0.1) is 18.4 Å². The Bertz CT molecular complexity index is 1080. The molecule has 0 unspecified atom stereocenters. The molecule has 4 rings (SSSR count). The summed E-state index contributed by atoms with van der Waals surface area (Å²) >= 11 is 0. The van der Waals surface area contributed by atoms with Crippen LogP contribution >= 0.6 is 0 Å². The van der Waals surface area contributed by atoms with Gasteiger partial charge in [0.1, 0.15) is 11.8 Å². The van der Waals surface area contributed by atoms with E-state index in [4.69, 9.17) is 0 Å². The fraction of sp³-hybridized carbons (Fsp3) is 0.167. The fourth-order valence-corrected chi connectivity index (χ4v) is 2.80. The Balaban J connectivity index is 1.41. The quantitative estimate of drug-likeness (QED) is 0.569. The number of H-pyrrole nitrogens is 1. The highest BCUT2D eigenvalue weighted by Gasteiger charge is 2.13. The lowest BCUT2D eigenvalue weighted by molar-refractivity contribution is -0.119. The number of benzene rings is 1. The van der Waals surface area contributed by atoms with Crippen LogP contribution in [-0.2, 0) is 11.3 Å². The summed E-state index contributed by atoms with van der Waals surface area (Å²) in [7, 11) is 1.81. The molecule has 1 amide bonds. The lowest BCUT2D eigenvalue weighted by Gasteiger charge is -2.17. The standard InChI is InChI=1S/C18H17N7O/c1-25(18-16-17(22-10-21-16)23-11-24-18)9-15(26)20-8-12-6-13-4-2-3-5-14(13)19-7-12/h2-7,10-11H,8-9H2,1H3,(H,20,26)(H,21,22,23,24). The smallest absolute Gasteiger partial charge is 0.239 e. The summed E-state index contributed by atoms with van der Waals surface area (Å²) in [5.74, 6) is 0.530. The van der Waals surface area contributed by atoms with Crippen molar-refractivity contribution in [3.63, 3.8) is 0 Å². The summed E-state index contributed by atoms with van der Waals surface area (Å²) in [6.07, 6.45) is 4.78. The minimum absolute atomic E-state index is 0.105. The Morgan fingerprint density at radius 2 is 2.08 bits per heavy atom. The van der Waals surface area contributed by atoms with E-state index in [1.165, 1.54) is 6.33 Å². The van der Waals surface area contributed by atoms with Crippen LogP contribution in [0.3, 0.4) is 0 Å². The lowest BCUT2D eigenvalue weighted by atomic mass is 10.1. The fourth-order valence-electron chi connectivity index (χ4n) is 2.80. The third kappa shape index (κ3) is 3.16. The first-order valence-corrected chi connectivity index (χ1v) is 8.16. The molecule has 0 saturated heterocycles. The summed E-state index contributed by atoms with van der Waals surface area (Å²) in [5, 5.41) is 3.97. The van der Waals surface area contributed by atoms with E-state index in [-0.39, 0.29) is 12.5 Å². The number of hydrogen-bond donors (Lipinski definition) is 2. The van der Waals surface area contributed by atoms with Crippen molar-refractivity contribution >= 4 is 33.8 Å². The van der Waals surface area contributed by atoms with Gasteiger partial charge in [-0.1, -0.05) is 18.2 Å². The molecular formula is C18H17N7O. The summed E-state index contributed by atoms with van der Waals surface area (Å²) in [6, 6.07) is 9.93. The topological polar surface area (TPSA) is 99.7 Å². The number of nitrogens with zero attached hydrogens (tertiary/aromatic N) is 5. The van der Waals surface area contributed by atoms with Crippen LogP contribution in [0.25, 0.3) is 22.1 Å². The van der Waals surface area contributed by atoms with Crippen LogP contribution in [0.4, 0.5) is 5.82 Å². The molecule has 130 valence electrons. The number of imidazole rings is 1. The van der Waals surface area contributed by atoms with Crippen molar-refractivity contribution < 1.29 is 4.79 Å². The molecule has 2 N–H and O–H groups in total. The zero-order valence-electron chi connectivity index (χ0n) is 14.2. The van der Waals surface area contributed by atoms with E-state index in [0.717, 1.165) is 16.5 Å². The third-order valence-electron chi connectivity index (χ3n) is 4.08. The molecule has 0 spiro atoms. The number of fused-ring (bicyclic) bond motifs is 2. The summed E-state index contributed by atoms with van der Waals surface area (Å²) < 4.78 is 0. The normalized spacial score (nSPS) is 11.0. The number of rotatable bonds is 5. The first kappa shape index (κ1) is 15.9. The van der Waals surface area contributed by atoms with Gasteiger partial charge in [-0.15, -0.1) is 0 Å². The molecule has 0 aliphatic heterocycles. The van der Waals surface area contributed by atoms with Crippen molar-refractivity contribution in [1.82, 2.24) is 30.2 Å². The number of carbonyl (C=O) groups excluding carboxylic acids is 1. The van der Waals surface area contributed by atoms with Gasteiger partial charge in [-0.3, -0.25) is 9.78 Å². The minimum Gasteiger partial charge on any atom is -0.350 e. The second-order valence-electron chi connectivity index (χ2n) is 5.97. The number of carbonyl (C=O) groups is 1. The van der Waals surface area contributed by atoms with Crippen molar-refractivity contribution in [1.29, 1.82) is 0 Å². The molecule has 8 nitrogen and oxygen atoms in total. The highest BCUT2D eigenvalue weighted by Crippen LogP contribution is 2.17. The highest BCUT2D eigenvalue weighted by atomic mass is 16.2. The Hall–Kier alpha value is -3.55. The van der Waals surface area contributed by atoms with E-state index in [9.17, 15) is 4.79 Å². The summed E-state index contributed by atoms with van der Waals surface area (Å²) in [4.78, 5) is 33.9. The number of pyridine rings is 1. The first-order valence-electron chi connectivity index (χ1n) is 8.16. The van der Waals surface area contributed by atoms with Gasteiger partial charge in [-0.2, -0.15) is 0 Å². The minimum atomic E-state index is -0.105. The molecule has 0 atom stereocenters. The van der Waals surface area contributed by atoms with Gasteiger partial charge in [-0.25, -0.2) is 15.0 Å². The molecule has 0 fully saturated rings. The van der Waals surface area contributed by atoms with Gasteiger partial charge < -0.3 is 15.2 Å². The van der Waals surface area contributed by atoms with E-state index in [2.05, 4.69) is 30.2 Å². The van der Waals surface area contributed by atoms with Crippen molar-refractivity contribution in [3.05, 3.63) is 54.7 Å². The average Bonchev–Trinajstić information content (AvgIpc) is 3.15. The molecular weight excluding hydrogens is 330 g/mol. The molecule has 0 aliphatic carbocycles. The predicted octanol–water partition coefficient (Wildman–Crippen LogP) is 1.65. The molecule has 26 heavy (non-hydrogen) atoms. The number of anilines is 1. The molecule has 8 heteroatoms. The number of aromatic nitrogens is 5. The summed E-state index contributed by atoms with van der Waals surface area (Å²) in [6.45, 7) is 0.597. The van der Waals surface area contributed by atoms with Gasteiger partial charge >= 0.3 is 0 Å². The van der Waals surface area contributed by atoms with Gasteiger partial charge in [0, 0.05) is 25.2 Å². The van der Waals surface area contributed by atoms with E-state index in [0.29, 0.717) is 23.5 Å². The summed E-state index contributed by atoms with van der Waals surface area (Å²) in [5.41, 5.74) is 3.18. The largest absolute Gasteiger partial charge is 0.350 e. The molecule has 3 heterocycles. The van der Waals surface area contributed by atoms with Crippen LogP contribution in [0.15, 0.2) is 49.2 Å². The van der Waals surface area contributed by atoms with Crippen molar-refractivity contribution in [2.45, 2.75) is 6.54 Å². The zero-order chi connectivity index (χ0) is 17.9. The number of nitrogens with one attached hydrogen (secondary N) is 2. The molecule has 0 radical (unpaired) electrons. The van der Waals surface area contributed by atoms with Crippen molar-refractivity contribution in [3.8, 4) is 0 Å². The van der Waals surface area contributed by atoms with Crippen LogP contribution in [0, 0.1) is 0 Å².